The molecule has 7 atom stereocenters. The van der Waals surface area contributed by atoms with Crippen molar-refractivity contribution in [2.24, 2.45) is 5.92 Å². The summed E-state index contributed by atoms with van der Waals surface area (Å²) < 4.78 is 56.4. The molecule has 1 saturated carbocycles. The molecule has 3 fully saturated rings. The lowest BCUT2D eigenvalue weighted by Crippen LogP contribution is -2.47. The molecule has 1 aliphatic carbocycles. The summed E-state index contributed by atoms with van der Waals surface area (Å²) >= 11 is 6.19. The predicted octanol–water partition coefficient (Wildman–Crippen LogP) is 2.58. The molecule has 0 amide bonds. The van der Waals surface area contributed by atoms with Gasteiger partial charge in [-0.3, -0.25) is 4.68 Å². The number of aromatic nitrogens is 6. The Morgan fingerprint density at radius 2 is 1.90 bits per heavy atom. The number of nitriles is 1. The number of aliphatic hydroxyl groups is 2. The van der Waals surface area contributed by atoms with Crippen LogP contribution in [-0.2, 0) is 9.47 Å². The number of rotatable bonds is 4. The Bertz CT molecular complexity index is 1740. The van der Waals surface area contributed by atoms with Gasteiger partial charge in [0.25, 0.3) is 0 Å². The number of benzene rings is 1. The number of hydrogen-bond donors (Lipinski definition) is 2. The Morgan fingerprint density at radius 1 is 1.15 bits per heavy atom. The molecule has 15 heteroatoms. The van der Waals surface area contributed by atoms with Gasteiger partial charge in [0.2, 0.25) is 0 Å². The van der Waals surface area contributed by atoms with Crippen molar-refractivity contribution in [3.63, 3.8) is 0 Å². The second-order valence-corrected chi connectivity index (χ2v) is 10.6. The van der Waals surface area contributed by atoms with Crippen molar-refractivity contribution in [3.05, 3.63) is 76.6 Å². The Hall–Kier alpha value is -3.87. The molecule has 1 spiro atoms. The van der Waals surface area contributed by atoms with E-state index in [0.29, 0.717) is 17.1 Å². The number of aryl methyl sites for hydroxylation is 1. The fourth-order valence-electron chi connectivity index (χ4n) is 6.09. The molecule has 0 bridgehead atoms. The summed E-state index contributed by atoms with van der Waals surface area (Å²) in [4.78, 5) is 8.52. The van der Waals surface area contributed by atoms with Crippen molar-refractivity contribution in [1.82, 2.24) is 29.5 Å². The number of nitrogens with zero attached hydrogens (tertiary/aromatic N) is 7. The molecule has 1 aromatic carbocycles. The molecule has 7 rings (SSSR count). The fourth-order valence-corrected chi connectivity index (χ4v) is 6.29. The molecule has 5 heterocycles. The maximum absolute atomic E-state index is 13.9. The number of halogens is 4. The topological polar surface area (TPSA) is 144 Å². The van der Waals surface area contributed by atoms with Crippen LogP contribution in [0.5, 0.6) is 0 Å². The van der Waals surface area contributed by atoms with Crippen LogP contribution in [0.25, 0.3) is 16.8 Å². The van der Waals surface area contributed by atoms with E-state index in [-0.39, 0.29) is 28.7 Å². The molecule has 210 valence electrons. The van der Waals surface area contributed by atoms with Gasteiger partial charge in [0.05, 0.1) is 41.9 Å². The van der Waals surface area contributed by atoms with E-state index < -0.39 is 59.4 Å². The highest BCUT2D eigenvalue weighted by Gasteiger charge is 2.81. The number of pyridine rings is 1. The summed E-state index contributed by atoms with van der Waals surface area (Å²) in [6.45, 7) is 1.60. The van der Waals surface area contributed by atoms with Crippen LogP contribution in [0.1, 0.15) is 29.5 Å². The standard InChI is InChI=1S/C26H19ClF3N7O4/c1-10-34-25(37(35-10)13-4-14(27)17(5-31)32-7-13)22-21(39)19-23(26(19)24(41-22)18(38)9-40-26)36-8-12(6-33-36)11-2-15(28)20(30)16(29)3-11/h2-4,6-8,18-19,21-24,38-39H,9H2,1H3/t18?,19?,21?,22-,23?,24?,26?/m1/s1. The van der Waals surface area contributed by atoms with Gasteiger partial charge in [0.1, 0.15) is 35.8 Å². The quantitative estimate of drug-likeness (QED) is 0.345. The lowest BCUT2D eigenvalue weighted by molar-refractivity contribution is -0.175. The highest BCUT2D eigenvalue weighted by molar-refractivity contribution is 6.31. The van der Waals surface area contributed by atoms with Crippen LogP contribution >= 0.6 is 11.6 Å². The van der Waals surface area contributed by atoms with E-state index in [9.17, 15) is 23.4 Å². The Balaban J connectivity index is 1.25. The van der Waals surface area contributed by atoms with Crippen LogP contribution in [0.2, 0.25) is 5.02 Å². The largest absolute Gasteiger partial charge is 0.389 e. The summed E-state index contributed by atoms with van der Waals surface area (Å²) in [6.07, 6.45) is 0.0721. The van der Waals surface area contributed by atoms with Crippen molar-refractivity contribution in [1.29, 1.82) is 5.26 Å². The Labute approximate surface area is 234 Å². The van der Waals surface area contributed by atoms with E-state index in [2.05, 4.69) is 20.2 Å². The van der Waals surface area contributed by atoms with E-state index >= 15 is 0 Å². The molecule has 4 aromatic rings. The van der Waals surface area contributed by atoms with E-state index in [1.54, 1.807) is 6.92 Å². The molecular formula is C26H19ClF3N7O4. The minimum Gasteiger partial charge on any atom is -0.389 e. The van der Waals surface area contributed by atoms with Crippen LogP contribution in [0.15, 0.2) is 36.8 Å². The molecule has 2 N–H and O–H groups in total. The second-order valence-electron chi connectivity index (χ2n) is 10.2. The number of hydrogen-bond acceptors (Lipinski definition) is 9. The summed E-state index contributed by atoms with van der Waals surface area (Å²) in [6, 6.07) is 4.50. The first-order valence-electron chi connectivity index (χ1n) is 12.5. The number of aliphatic hydroxyl groups excluding tert-OH is 2. The van der Waals surface area contributed by atoms with Gasteiger partial charge in [-0.2, -0.15) is 15.5 Å². The van der Waals surface area contributed by atoms with Gasteiger partial charge in [-0.05, 0) is 30.7 Å². The zero-order valence-corrected chi connectivity index (χ0v) is 21.7. The van der Waals surface area contributed by atoms with Crippen molar-refractivity contribution < 1.29 is 32.9 Å². The summed E-state index contributed by atoms with van der Waals surface area (Å²) in [7, 11) is 0. The third-order valence-electron chi connectivity index (χ3n) is 7.86. The molecule has 2 saturated heterocycles. The molecule has 3 aliphatic rings. The first-order valence-corrected chi connectivity index (χ1v) is 12.9. The van der Waals surface area contributed by atoms with Gasteiger partial charge >= 0.3 is 0 Å². The normalized spacial score (nSPS) is 30.1. The van der Waals surface area contributed by atoms with E-state index in [1.165, 1.54) is 34.0 Å². The Morgan fingerprint density at radius 3 is 2.61 bits per heavy atom. The summed E-state index contributed by atoms with van der Waals surface area (Å²) in [5.74, 6) is -4.28. The average molecular weight is 586 g/mol. The van der Waals surface area contributed by atoms with Gasteiger partial charge in [0.15, 0.2) is 29.0 Å². The van der Waals surface area contributed by atoms with Gasteiger partial charge in [-0.25, -0.2) is 27.8 Å². The van der Waals surface area contributed by atoms with Crippen LogP contribution < -0.4 is 0 Å². The fraction of sp³-hybridized carbons (Fsp3) is 0.346. The minimum absolute atomic E-state index is 0.0318. The molecule has 11 nitrogen and oxygen atoms in total. The average Bonchev–Trinajstić information content (AvgIpc) is 3.26. The maximum Gasteiger partial charge on any atom is 0.194 e. The van der Waals surface area contributed by atoms with E-state index in [4.69, 9.17) is 26.3 Å². The van der Waals surface area contributed by atoms with Crippen molar-refractivity contribution in [3.8, 4) is 22.9 Å². The minimum atomic E-state index is -1.57. The van der Waals surface area contributed by atoms with Crippen molar-refractivity contribution >= 4 is 11.6 Å². The van der Waals surface area contributed by atoms with Crippen LogP contribution in [0.3, 0.4) is 0 Å². The lowest BCUT2D eigenvalue weighted by Gasteiger charge is -2.34. The zero-order valence-electron chi connectivity index (χ0n) is 21.0. The zero-order chi connectivity index (χ0) is 28.8. The Kier molecular flexibility index (Phi) is 5.76. The van der Waals surface area contributed by atoms with Crippen molar-refractivity contribution in [2.75, 3.05) is 6.61 Å². The number of ether oxygens (including phenoxy) is 2. The van der Waals surface area contributed by atoms with Crippen LogP contribution in [0, 0.1) is 41.6 Å². The van der Waals surface area contributed by atoms with Gasteiger partial charge in [-0.1, -0.05) is 11.6 Å². The molecule has 41 heavy (non-hydrogen) atoms. The van der Waals surface area contributed by atoms with Crippen LogP contribution in [-0.4, -0.2) is 70.3 Å². The third-order valence-corrected chi connectivity index (χ3v) is 8.15. The summed E-state index contributed by atoms with van der Waals surface area (Å²) in [5, 5.41) is 40.4. The lowest BCUT2D eigenvalue weighted by atomic mass is 9.96. The van der Waals surface area contributed by atoms with Crippen LogP contribution in [0.4, 0.5) is 13.2 Å². The first-order chi connectivity index (χ1) is 19.6. The van der Waals surface area contributed by atoms with Gasteiger partial charge in [-0.15, -0.1) is 0 Å². The smallest absolute Gasteiger partial charge is 0.194 e. The molecule has 3 aromatic heterocycles. The highest BCUT2D eigenvalue weighted by Crippen LogP contribution is 2.68. The summed E-state index contributed by atoms with van der Waals surface area (Å²) in [5.41, 5.74) is -0.333. The predicted molar refractivity (Wildman–Crippen MR) is 132 cm³/mol. The second kappa shape index (κ2) is 9.07. The maximum atomic E-state index is 13.9. The monoisotopic (exact) mass is 585 g/mol. The first kappa shape index (κ1) is 26.1. The third kappa shape index (κ3) is 3.74. The molecule has 0 radical (unpaired) electrons. The SMILES string of the molecule is Cc1nc([C@@H]2OC3C(O)COC34C(C2O)C4n2cc(-c3cc(F)c(F)c(F)c3)cn2)n(-c2cnc(C#N)c(Cl)c2)n1. The molecule has 2 aliphatic heterocycles. The highest BCUT2D eigenvalue weighted by atomic mass is 35.5. The molecule has 6 unspecified atom stereocenters. The van der Waals surface area contributed by atoms with Gasteiger partial charge < -0.3 is 19.7 Å². The van der Waals surface area contributed by atoms with Crippen molar-refractivity contribution in [2.45, 2.75) is 43.0 Å². The van der Waals surface area contributed by atoms with E-state index in [1.807, 2.05) is 6.07 Å². The van der Waals surface area contributed by atoms with E-state index in [0.717, 1.165) is 12.1 Å². The molecular weight excluding hydrogens is 567 g/mol. The van der Waals surface area contributed by atoms with Gasteiger partial charge in [0, 0.05) is 17.7 Å².